The number of carboxylic acid groups (broad SMARTS) is 1. The van der Waals surface area contributed by atoms with Crippen LogP contribution in [-0.2, 0) is 10.6 Å². The monoisotopic (exact) mass is 500 g/mol. The number of rotatable bonds is 8. The third-order valence-corrected chi connectivity index (χ3v) is 6.73. The molecule has 0 bridgehead atoms. The Labute approximate surface area is 210 Å². The Morgan fingerprint density at radius 3 is 2.77 bits per heavy atom. The van der Waals surface area contributed by atoms with Crippen molar-refractivity contribution in [2.75, 3.05) is 19.6 Å². The number of carboxylic acids is 1. The Bertz CT molecular complexity index is 1140. The minimum atomic E-state index is -1.25. The van der Waals surface area contributed by atoms with Crippen LogP contribution < -0.4 is 9.47 Å². The molecule has 2 aromatic rings. The summed E-state index contributed by atoms with van der Waals surface area (Å²) in [7, 11) is 0. The largest absolute Gasteiger partial charge is 0.481 e. The Kier molecular flexibility index (Phi) is 7.77. The first-order valence-electron chi connectivity index (χ1n) is 11.8. The Hall–Kier alpha value is -2.90. The molecule has 0 radical (unpaired) electrons. The fourth-order valence-corrected chi connectivity index (χ4v) is 4.78. The van der Waals surface area contributed by atoms with E-state index in [1.165, 1.54) is 6.07 Å². The lowest BCUT2D eigenvalue weighted by Crippen LogP contribution is -2.34. The molecular weight excluding hydrogens is 471 g/mol. The molecule has 8 heteroatoms. The van der Waals surface area contributed by atoms with E-state index in [2.05, 4.69) is 16.0 Å². The van der Waals surface area contributed by atoms with Crippen LogP contribution in [0.1, 0.15) is 56.6 Å². The van der Waals surface area contributed by atoms with Crippen molar-refractivity contribution in [2.24, 2.45) is 4.99 Å². The molecule has 1 saturated heterocycles. The summed E-state index contributed by atoms with van der Waals surface area (Å²) in [6.45, 7) is 6.20. The second-order valence-electron chi connectivity index (χ2n) is 9.11. The number of piperidine rings is 1. The van der Waals surface area contributed by atoms with Crippen LogP contribution in [0.25, 0.3) is 0 Å². The van der Waals surface area contributed by atoms with E-state index in [-0.39, 0.29) is 6.42 Å². The summed E-state index contributed by atoms with van der Waals surface area (Å²) in [5.41, 5.74) is 2.23. The van der Waals surface area contributed by atoms with Crippen molar-refractivity contribution in [1.82, 2.24) is 4.90 Å². The van der Waals surface area contributed by atoms with Crippen LogP contribution in [0, 0.1) is 5.82 Å². The first kappa shape index (κ1) is 25.2. The zero-order valence-electron chi connectivity index (χ0n) is 20.0. The zero-order chi connectivity index (χ0) is 25.0. The smallest absolute Gasteiger partial charge is 0.303 e. The molecule has 35 heavy (non-hydrogen) atoms. The highest BCUT2D eigenvalue weighted by Gasteiger charge is 2.42. The molecule has 0 aromatic heterocycles. The molecule has 2 aliphatic rings. The number of hydrogen-bond acceptors (Lipinski definition) is 5. The summed E-state index contributed by atoms with van der Waals surface area (Å²) in [6, 6.07) is 10.4. The van der Waals surface area contributed by atoms with Gasteiger partial charge in [0.25, 0.3) is 5.79 Å². The number of carbonyl (C=O) groups is 1. The average Bonchev–Trinajstić information content (AvgIpc) is 3.16. The van der Waals surface area contributed by atoms with Gasteiger partial charge in [0.1, 0.15) is 5.82 Å². The van der Waals surface area contributed by atoms with E-state index in [0.29, 0.717) is 34.4 Å². The molecule has 186 valence electrons. The van der Waals surface area contributed by atoms with E-state index in [0.717, 1.165) is 43.7 Å². The molecule has 4 rings (SSSR count). The van der Waals surface area contributed by atoms with Gasteiger partial charge in [-0.25, -0.2) is 4.39 Å². The van der Waals surface area contributed by atoms with Crippen LogP contribution in [0.4, 0.5) is 4.39 Å². The summed E-state index contributed by atoms with van der Waals surface area (Å²) in [5.74, 6) is -0.887. The third kappa shape index (κ3) is 6.03. The van der Waals surface area contributed by atoms with Crippen molar-refractivity contribution in [3.63, 3.8) is 0 Å². The van der Waals surface area contributed by atoms with Crippen molar-refractivity contribution in [2.45, 2.75) is 51.2 Å². The Morgan fingerprint density at radius 1 is 1.29 bits per heavy atom. The molecule has 1 fully saturated rings. The topological polar surface area (TPSA) is 71.4 Å². The highest BCUT2D eigenvalue weighted by atomic mass is 35.5. The van der Waals surface area contributed by atoms with E-state index in [4.69, 9.17) is 26.2 Å². The highest BCUT2D eigenvalue weighted by molar-refractivity contribution is 6.30. The van der Waals surface area contributed by atoms with Crippen molar-refractivity contribution in [3.8, 4) is 11.5 Å². The molecule has 2 aromatic carbocycles. The number of aliphatic carboxylic acids is 1. The molecule has 1 N–H and O–H groups in total. The maximum Gasteiger partial charge on any atom is 0.303 e. The van der Waals surface area contributed by atoms with Crippen LogP contribution in [0.5, 0.6) is 11.5 Å². The number of ether oxygens (including phenoxy) is 2. The molecule has 0 aliphatic carbocycles. The summed E-state index contributed by atoms with van der Waals surface area (Å²) in [5, 5.41) is 9.04. The van der Waals surface area contributed by atoms with Gasteiger partial charge in [0.05, 0.1) is 5.56 Å². The lowest BCUT2D eigenvalue weighted by Gasteiger charge is -2.31. The van der Waals surface area contributed by atoms with Gasteiger partial charge in [0.15, 0.2) is 11.5 Å². The minimum absolute atomic E-state index is 0.117. The van der Waals surface area contributed by atoms with Crippen LogP contribution in [0.2, 0.25) is 5.02 Å². The van der Waals surface area contributed by atoms with Crippen molar-refractivity contribution < 1.29 is 23.8 Å². The quantitative estimate of drug-likeness (QED) is 0.441. The number of nitrogens with zero attached hydrogens (tertiary/aromatic N) is 2. The maximum atomic E-state index is 14.6. The van der Waals surface area contributed by atoms with Gasteiger partial charge in [-0.05, 0) is 69.5 Å². The molecule has 2 aliphatic heterocycles. The molecule has 2 heterocycles. The maximum absolute atomic E-state index is 14.6. The highest BCUT2D eigenvalue weighted by Crippen LogP contribution is 2.49. The second-order valence-corrected chi connectivity index (χ2v) is 9.55. The van der Waals surface area contributed by atoms with Gasteiger partial charge >= 0.3 is 5.97 Å². The molecule has 0 saturated carbocycles. The van der Waals surface area contributed by atoms with Crippen molar-refractivity contribution in [3.05, 3.63) is 70.1 Å². The van der Waals surface area contributed by atoms with E-state index in [9.17, 15) is 9.18 Å². The zero-order valence-corrected chi connectivity index (χ0v) is 20.7. The summed E-state index contributed by atoms with van der Waals surface area (Å²) in [4.78, 5) is 17.4. The summed E-state index contributed by atoms with van der Waals surface area (Å²) in [6.07, 6.45) is 6.27. The van der Waals surface area contributed by atoms with E-state index < -0.39 is 17.6 Å². The van der Waals surface area contributed by atoms with Gasteiger partial charge in [-0.3, -0.25) is 14.7 Å². The SMILES string of the molecule is C/C(=C\CCC(=O)O)N=CCN1CCC(c2cccc3c2O[C@@](C)(c2ccc(Cl)cc2F)O3)CC1. The van der Waals surface area contributed by atoms with Gasteiger partial charge in [-0.2, -0.15) is 0 Å². The first-order chi connectivity index (χ1) is 16.7. The number of halogens is 2. The number of likely N-dealkylation sites (tertiary alicyclic amines) is 1. The summed E-state index contributed by atoms with van der Waals surface area (Å²) < 4.78 is 27.0. The van der Waals surface area contributed by atoms with Crippen LogP contribution in [-0.4, -0.2) is 41.8 Å². The van der Waals surface area contributed by atoms with Crippen molar-refractivity contribution in [1.29, 1.82) is 0 Å². The van der Waals surface area contributed by atoms with E-state index >= 15 is 0 Å². The van der Waals surface area contributed by atoms with Gasteiger partial charge in [0, 0.05) is 42.4 Å². The second kappa shape index (κ2) is 10.8. The number of benzene rings is 2. The van der Waals surface area contributed by atoms with E-state index in [1.807, 2.05) is 31.3 Å². The average molecular weight is 501 g/mol. The number of allylic oxidation sites excluding steroid dienone is 2. The van der Waals surface area contributed by atoms with Gasteiger partial charge in [-0.1, -0.05) is 29.8 Å². The summed E-state index contributed by atoms with van der Waals surface area (Å²) >= 11 is 5.92. The third-order valence-electron chi connectivity index (χ3n) is 6.49. The molecular formula is C27H30ClFN2O4. The van der Waals surface area contributed by atoms with E-state index in [1.54, 1.807) is 19.1 Å². The first-order valence-corrected chi connectivity index (χ1v) is 12.2. The Morgan fingerprint density at radius 2 is 2.06 bits per heavy atom. The molecule has 6 nitrogen and oxygen atoms in total. The lowest BCUT2D eigenvalue weighted by atomic mass is 9.88. The van der Waals surface area contributed by atoms with Crippen molar-refractivity contribution >= 4 is 23.8 Å². The normalized spacial score (nSPS) is 21.1. The molecule has 0 unspecified atom stereocenters. The van der Waals surface area contributed by atoms with Gasteiger partial charge in [-0.15, -0.1) is 0 Å². The van der Waals surface area contributed by atoms with Crippen LogP contribution >= 0.6 is 11.6 Å². The number of para-hydroxylation sites is 1. The predicted octanol–water partition coefficient (Wildman–Crippen LogP) is 6.14. The van der Waals surface area contributed by atoms with Crippen LogP contribution in [0.3, 0.4) is 0 Å². The number of fused-ring (bicyclic) bond motifs is 1. The number of hydrogen-bond donors (Lipinski definition) is 1. The fourth-order valence-electron chi connectivity index (χ4n) is 4.62. The standard InChI is InChI=1S/C27H30ClFN2O4/c1-18(5-3-8-25(32)33)30-13-16-31-14-11-19(12-15-31)21-6-4-7-24-26(21)35-27(2,34-24)22-10-9-20(28)17-23(22)29/h4-7,9-10,13,17,19H,3,8,11-12,14-16H2,1-2H3,(H,32,33)/b18-5+,30-13?/t27-/m0/s1. The molecule has 1 atom stereocenters. The van der Waals surface area contributed by atoms with Gasteiger partial charge in [0.2, 0.25) is 0 Å². The molecule has 0 spiro atoms. The lowest BCUT2D eigenvalue weighted by molar-refractivity contribution is -0.136. The van der Waals surface area contributed by atoms with Gasteiger partial charge < -0.3 is 14.6 Å². The Balaban J connectivity index is 1.36. The fraction of sp³-hybridized carbons (Fsp3) is 0.407. The number of aliphatic imine (C=N–C) groups is 1. The minimum Gasteiger partial charge on any atom is -0.481 e. The van der Waals surface area contributed by atoms with Crippen LogP contribution in [0.15, 0.2) is 53.2 Å². The predicted molar refractivity (Wildman–Crippen MR) is 134 cm³/mol. The molecule has 0 amide bonds.